The number of carbonyl (C=O) groups is 2. The molecule has 3 N–H and O–H groups in total. The molecular formula is C17H19ClN4O2. The van der Waals surface area contributed by atoms with Gasteiger partial charge < -0.3 is 16.0 Å². The lowest BCUT2D eigenvalue weighted by molar-refractivity contribution is -0.115. The molecule has 0 radical (unpaired) electrons. The first kappa shape index (κ1) is 17.7. The Morgan fingerprint density at radius 1 is 1.21 bits per heavy atom. The van der Waals surface area contributed by atoms with Gasteiger partial charge in [0.2, 0.25) is 5.91 Å². The predicted molar refractivity (Wildman–Crippen MR) is 95.6 cm³/mol. The fraction of sp³-hybridized carbons (Fsp3) is 0.235. The van der Waals surface area contributed by atoms with Crippen molar-refractivity contribution in [1.82, 2.24) is 10.3 Å². The number of nitrogens with zero attached hydrogens (tertiary/aromatic N) is 1. The van der Waals surface area contributed by atoms with Gasteiger partial charge in [-0.1, -0.05) is 36.7 Å². The lowest BCUT2D eigenvalue weighted by Crippen LogP contribution is -2.33. The predicted octanol–water partition coefficient (Wildman–Crippen LogP) is 2.71. The molecule has 0 aliphatic heterocycles. The minimum atomic E-state index is -0.394. The fourth-order valence-corrected chi connectivity index (χ4v) is 2.37. The van der Waals surface area contributed by atoms with E-state index in [0.717, 1.165) is 17.7 Å². The van der Waals surface area contributed by atoms with Crippen LogP contribution in [-0.2, 0) is 11.2 Å². The minimum Gasteiger partial charge on any atom is -0.373 e. The van der Waals surface area contributed by atoms with Crippen LogP contribution in [0.1, 0.15) is 22.8 Å². The molecule has 0 bridgehead atoms. The number of para-hydroxylation sites is 1. The fourth-order valence-electron chi connectivity index (χ4n) is 2.16. The van der Waals surface area contributed by atoms with Crippen LogP contribution in [0.2, 0.25) is 5.15 Å². The van der Waals surface area contributed by atoms with Crippen LogP contribution < -0.4 is 16.0 Å². The molecule has 0 atom stereocenters. The molecule has 2 aromatic rings. The molecular weight excluding hydrogens is 328 g/mol. The summed E-state index contributed by atoms with van der Waals surface area (Å²) < 4.78 is 0. The SMILES string of the molecule is CCc1ccccc1NC(=O)CNC(=O)c1cc(Cl)nc(NC)c1. The van der Waals surface area contributed by atoms with Crippen LogP contribution in [0.4, 0.5) is 11.5 Å². The van der Waals surface area contributed by atoms with Crippen LogP contribution in [0.5, 0.6) is 0 Å². The number of hydrogen-bond donors (Lipinski definition) is 3. The topological polar surface area (TPSA) is 83.1 Å². The summed E-state index contributed by atoms with van der Waals surface area (Å²) in [6.07, 6.45) is 0.811. The van der Waals surface area contributed by atoms with E-state index in [1.807, 2.05) is 31.2 Å². The second-order valence-electron chi connectivity index (χ2n) is 5.06. The summed E-state index contributed by atoms with van der Waals surface area (Å²) in [5.41, 5.74) is 2.13. The Labute approximate surface area is 145 Å². The van der Waals surface area contributed by atoms with E-state index in [9.17, 15) is 9.59 Å². The average molecular weight is 347 g/mol. The summed E-state index contributed by atoms with van der Waals surface area (Å²) in [4.78, 5) is 28.2. The highest BCUT2D eigenvalue weighted by Crippen LogP contribution is 2.15. The molecule has 2 rings (SSSR count). The monoisotopic (exact) mass is 346 g/mol. The van der Waals surface area contributed by atoms with Gasteiger partial charge in [0.1, 0.15) is 11.0 Å². The lowest BCUT2D eigenvalue weighted by Gasteiger charge is -2.10. The van der Waals surface area contributed by atoms with Crippen LogP contribution in [0.3, 0.4) is 0 Å². The molecule has 0 aliphatic rings. The zero-order chi connectivity index (χ0) is 17.5. The van der Waals surface area contributed by atoms with Crippen molar-refractivity contribution < 1.29 is 9.59 Å². The van der Waals surface area contributed by atoms with Crippen molar-refractivity contribution in [3.8, 4) is 0 Å². The number of rotatable bonds is 6. The molecule has 1 aromatic carbocycles. The molecule has 24 heavy (non-hydrogen) atoms. The number of amides is 2. The molecule has 0 saturated heterocycles. The third-order valence-corrected chi connectivity index (χ3v) is 3.59. The molecule has 0 saturated carbocycles. The lowest BCUT2D eigenvalue weighted by atomic mass is 10.1. The van der Waals surface area contributed by atoms with E-state index in [2.05, 4.69) is 20.9 Å². The van der Waals surface area contributed by atoms with Crippen molar-refractivity contribution >= 4 is 34.9 Å². The molecule has 1 heterocycles. The normalized spacial score (nSPS) is 10.1. The highest BCUT2D eigenvalue weighted by molar-refractivity contribution is 6.29. The largest absolute Gasteiger partial charge is 0.373 e. The second kappa shape index (κ2) is 8.31. The van der Waals surface area contributed by atoms with Crippen molar-refractivity contribution in [2.75, 3.05) is 24.2 Å². The molecule has 0 fully saturated rings. The average Bonchev–Trinajstić information content (AvgIpc) is 2.59. The van der Waals surface area contributed by atoms with Crippen molar-refractivity contribution in [3.63, 3.8) is 0 Å². The smallest absolute Gasteiger partial charge is 0.251 e. The third-order valence-electron chi connectivity index (χ3n) is 3.39. The Balaban J connectivity index is 1.96. The van der Waals surface area contributed by atoms with Crippen molar-refractivity contribution in [2.24, 2.45) is 0 Å². The van der Waals surface area contributed by atoms with Crippen LogP contribution in [-0.4, -0.2) is 30.4 Å². The maximum Gasteiger partial charge on any atom is 0.251 e. The number of carbonyl (C=O) groups excluding carboxylic acids is 2. The van der Waals surface area contributed by atoms with Crippen molar-refractivity contribution in [3.05, 3.63) is 52.7 Å². The standard InChI is InChI=1S/C17H19ClN4O2/c1-3-11-6-4-5-7-13(11)21-16(23)10-20-17(24)12-8-14(18)22-15(9-12)19-2/h4-9H,3,10H2,1-2H3,(H,19,22)(H,20,24)(H,21,23). The van der Waals surface area contributed by atoms with E-state index < -0.39 is 5.91 Å². The first-order valence-corrected chi connectivity index (χ1v) is 7.92. The first-order valence-electron chi connectivity index (χ1n) is 7.54. The molecule has 0 spiro atoms. The zero-order valence-corrected chi connectivity index (χ0v) is 14.3. The molecule has 6 nitrogen and oxygen atoms in total. The molecule has 7 heteroatoms. The van der Waals surface area contributed by atoms with Gasteiger partial charge in [0, 0.05) is 18.3 Å². The van der Waals surface area contributed by atoms with Gasteiger partial charge in [0.25, 0.3) is 5.91 Å². The molecule has 0 aliphatic carbocycles. The van der Waals surface area contributed by atoms with E-state index >= 15 is 0 Å². The van der Waals surface area contributed by atoms with Crippen LogP contribution >= 0.6 is 11.6 Å². The summed E-state index contributed by atoms with van der Waals surface area (Å²) in [6.45, 7) is 1.88. The quantitative estimate of drug-likeness (QED) is 0.702. The van der Waals surface area contributed by atoms with E-state index in [1.54, 1.807) is 13.1 Å². The van der Waals surface area contributed by atoms with Gasteiger partial charge in [-0.05, 0) is 30.2 Å². The van der Waals surface area contributed by atoms with Crippen LogP contribution in [0, 0.1) is 0 Å². The van der Waals surface area contributed by atoms with Crippen molar-refractivity contribution in [2.45, 2.75) is 13.3 Å². The molecule has 2 amide bonds. The molecule has 1 aromatic heterocycles. The first-order chi connectivity index (χ1) is 11.5. The Hall–Kier alpha value is -2.60. The van der Waals surface area contributed by atoms with Gasteiger partial charge in [0.15, 0.2) is 0 Å². The maximum atomic E-state index is 12.1. The zero-order valence-electron chi connectivity index (χ0n) is 13.5. The summed E-state index contributed by atoms with van der Waals surface area (Å²) >= 11 is 5.87. The Kier molecular flexibility index (Phi) is 6.14. The number of hydrogen-bond acceptors (Lipinski definition) is 4. The van der Waals surface area contributed by atoms with Crippen LogP contribution in [0.15, 0.2) is 36.4 Å². The van der Waals surface area contributed by atoms with Crippen LogP contribution in [0.25, 0.3) is 0 Å². The second-order valence-corrected chi connectivity index (χ2v) is 5.44. The van der Waals surface area contributed by atoms with Gasteiger partial charge in [-0.25, -0.2) is 4.98 Å². The summed E-state index contributed by atoms with van der Waals surface area (Å²) in [5.74, 6) is -0.207. The number of aryl methyl sites for hydroxylation is 1. The Morgan fingerprint density at radius 3 is 2.67 bits per heavy atom. The molecule has 0 unspecified atom stereocenters. The number of anilines is 2. The van der Waals surface area contributed by atoms with E-state index in [0.29, 0.717) is 11.4 Å². The van der Waals surface area contributed by atoms with Gasteiger partial charge in [-0.15, -0.1) is 0 Å². The molecule has 126 valence electrons. The summed E-state index contributed by atoms with van der Waals surface area (Å²) in [5, 5.41) is 8.39. The van der Waals surface area contributed by atoms with Crippen molar-refractivity contribution in [1.29, 1.82) is 0 Å². The maximum absolute atomic E-state index is 12.1. The highest BCUT2D eigenvalue weighted by atomic mass is 35.5. The van der Waals surface area contributed by atoms with E-state index in [-0.39, 0.29) is 17.6 Å². The van der Waals surface area contributed by atoms with Gasteiger partial charge >= 0.3 is 0 Å². The van der Waals surface area contributed by atoms with Gasteiger partial charge in [-0.2, -0.15) is 0 Å². The highest BCUT2D eigenvalue weighted by Gasteiger charge is 2.11. The van der Waals surface area contributed by atoms with E-state index in [1.165, 1.54) is 6.07 Å². The number of pyridine rings is 1. The van der Waals surface area contributed by atoms with Gasteiger partial charge in [0.05, 0.1) is 6.54 Å². The summed E-state index contributed by atoms with van der Waals surface area (Å²) in [7, 11) is 1.68. The number of benzene rings is 1. The Bertz CT molecular complexity index is 749. The number of aromatic nitrogens is 1. The number of nitrogens with one attached hydrogen (secondary N) is 3. The number of halogens is 1. The van der Waals surface area contributed by atoms with E-state index in [4.69, 9.17) is 11.6 Å². The minimum absolute atomic E-state index is 0.133. The summed E-state index contributed by atoms with van der Waals surface area (Å²) in [6, 6.07) is 10.6. The Morgan fingerprint density at radius 2 is 1.96 bits per heavy atom. The van der Waals surface area contributed by atoms with Gasteiger partial charge in [-0.3, -0.25) is 9.59 Å². The third kappa shape index (κ3) is 4.70.